The van der Waals surface area contributed by atoms with Crippen molar-refractivity contribution in [3.05, 3.63) is 72.8 Å². The van der Waals surface area contributed by atoms with Gasteiger partial charge in [-0.15, -0.1) is 0 Å². The molecule has 0 fully saturated rings. The summed E-state index contributed by atoms with van der Waals surface area (Å²) in [6.07, 6.45) is 6.10. The molecular formula is C17H18N4O2S. The number of pyridine rings is 1. The fraction of sp³-hybridized carbons (Fsp3) is 0.176. The van der Waals surface area contributed by atoms with E-state index in [2.05, 4.69) is 10.1 Å². The van der Waals surface area contributed by atoms with E-state index in [0.29, 0.717) is 12.2 Å². The molecule has 0 saturated heterocycles. The monoisotopic (exact) mass is 342 g/mol. The first-order valence-electron chi connectivity index (χ1n) is 7.60. The molecule has 1 aromatic carbocycles. The van der Waals surface area contributed by atoms with Gasteiger partial charge in [0.2, 0.25) is 0 Å². The van der Waals surface area contributed by atoms with E-state index in [1.54, 1.807) is 35.4 Å². The third kappa shape index (κ3) is 3.30. The van der Waals surface area contributed by atoms with Gasteiger partial charge in [-0.25, -0.2) is 8.42 Å². The third-order valence-corrected chi connectivity index (χ3v) is 5.37. The van der Waals surface area contributed by atoms with E-state index in [0.717, 1.165) is 5.56 Å². The minimum atomic E-state index is -3.72. The molecule has 0 aliphatic carbocycles. The van der Waals surface area contributed by atoms with Gasteiger partial charge in [-0.2, -0.15) is 5.10 Å². The second-order valence-electron chi connectivity index (χ2n) is 5.23. The van der Waals surface area contributed by atoms with E-state index in [4.69, 9.17) is 0 Å². The van der Waals surface area contributed by atoms with Crippen LogP contribution >= 0.6 is 0 Å². The number of aromatic nitrogens is 3. The van der Waals surface area contributed by atoms with Gasteiger partial charge < -0.3 is 0 Å². The van der Waals surface area contributed by atoms with Gasteiger partial charge in [0.05, 0.1) is 18.4 Å². The molecule has 3 aromatic rings. The van der Waals surface area contributed by atoms with Crippen LogP contribution in [0, 0.1) is 0 Å². The smallest absolute Gasteiger partial charge is 0.267 e. The Labute approximate surface area is 141 Å². The second-order valence-corrected chi connectivity index (χ2v) is 7.10. The molecule has 0 radical (unpaired) electrons. The van der Waals surface area contributed by atoms with Gasteiger partial charge in [-0.1, -0.05) is 30.3 Å². The molecule has 124 valence electrons. The van der Waals surface area contributed by atoms with Crippen molar-refractivity contribution in [2.75, 3.05) is 4.31 Å². The molecule has 3 rings (SSSR count). The van der Waals surface area contributed by atoms with Crippen LogP contribution in [-0.4, -0.2) is 23.2 Å². The van der Waals surface area contributed by atoms with E-state index in [1.807, 2.05) is 37.3 Å². The Hall–Kier alpha value is -2.67. The lowest BCUT2D eigenvalue weighted by Gasteiger charge is -2.23. The van der Waals surface area contributed by atoms with Gasteiger partial charge in [-0.3, -0.25) is 14.0 Å². The van der Waals surface area contributed by atoms with Crippen molar-refractivity contribution in [3.8, 4) is 0 Å². The maximum Gasteiger partial charge on any atom is 0.267 e. The summed E-state index contributed by atoms with van der Waals surface area (Å²) in [5, 5.41) is 4.08. The summed E-state index contributed by atoms with van der Waals surface area (Å²) in [5.74, 6) is 0. The predicted octanol–water partition coefficient (Wildman–Crippen LogP) is 2.69. The zero-order valence-corrected chi connectivity index (χ0v) is 14.1. The lowest BCUT2D eigenvalue weighted by atomic mass is 10.2. The van der Waals surface area contributed by atoms with Crippen molar-refractivity contribution in [2.45, 2.75) is 24.9 Å². The maximum absolute atomic E-state index is 13.1. The molecule has 0 atom stereocenters. The lowest BCUT2D eigenvalue weighted by molar-refractivity contribution is 0.590. The van der Waals surface area contributed by atoms with Gasteiger partial charge in [0.25, 0.3) is 10.0 Å². The van der Waals surface area contributed by atoms with E-state index in [1.165, 1.54) is 10.5 Å². The summed E-state index contributed by atoms with van der Waals surface area (Å²) < 4.78 is 29.2. The molecule has 0 aliphatic rings. The molecule has 6 nitrogen and oxygen atoms in total. The first kappa shape index (κ1) is 16.2. The fourth-order valence-electron chi connectivity index (χ4n) is 2.35. The Morgan fingerprint density at radius 3 is 2.42 bits per heavy atom. The molecule has 2 aromatic heterocycles. The molecule has 0 amide bonds. The van der Waals surface area contributed by atoms with Gasteiger partial charge in [0, 0.05) is 25.1 Å². The minimum absolute atomic E-state index is 0.178. The predicted molar refractivity (Wildman–Crippen MR) is 91.9 cm³/mol. The largest absolute Gasteiger partial charge is 0.272 e. The summed E-state index contributed by atoms with van der Waals surface area (Å²) >= 11 is 0. The number of anilines is 1. The highest BCUT2D eigenvalue weighted by atomic mass is 32.2. The van der Waals surface area contributed by atoms with Crippen LogP contribution in [0.15, 0.2) is 72.1 Å². The maximum atomic E-state index is 13.1. The molecule has 0 aliphatic heterocycles. The number of sulfonamides is 1. The van der Waals surface area contributed by atoms with Crippen molar-refractivity contribution in [3.63, 3.8) is 0 Å². The Morgan fingerprint density at radius 2 is 1.79 bits per heavy atom. The quantitative estimate of drug-likeness (QED) is 0.691. The van der Waals surface area contributed by atoms with Gasteiger partial charge in [-0.05, 0) is 24.6 Å². The lowest BCUT2D eigenvalue weighted by Crippen LogP contribution is -2.30. The molecule has 0 unspecified atom stereocenters. The van der Waals surface area contributed by atoms with Crippen LogP contribution in [0.1, 0.15) is 12.5 Å². The Kier molecular flexibility index (Phi) is 4.61. The second kappa shape index (κ2) is 6.84. The van der Waals surface area contributed by atoms with Crippen LogP contribution in [0.5, 0.6) is 0 Å². The van der Waals surface area contributed by atoms with Gasteiger partial charge in [0.1, 0.15) is 4.90 Å². The first-order valence-corrected chi connectivity index (χ1v) is 9.04. The van der Waals surface area contributed by atoms with Crippen LogP contribution in [-0.2, 0) is 23.1 Å². The summed E-state index contributed by atoms with van der Waals surface area (Å²) in [7, 11) is -3.72. The van der Waals surface area contributed by atoms with Gasteiger partial charge >= 0.3 is 0 Å². The summed E-state index contributed by atoms with van der Waals surface area (Å²) in [5.41, 5.74) is 1.47. The van der Waals surface area contributed by atoms with Crippen LogP contribution < -0.4 is 4.31 Å². The number of nitrogens with zero attached hydrogens (tertiary/aromatic N) is 4. The van der Waals surface area contributed by atoms with E-state index in [9.17, 15) is 8.42 Å². The van der Waals surface area contributed by atoms with Crippen LogP contribution in [0.3, 0.4) is 0 Å². The van der Waals surface area contributed by atoms with Crippen molar-refractivity contribution in [1.82, 2.24) is 14.8 Å². The molecule has 0 bridgehead atoms. The molecule has 7 heteroatoms. The zero-order chi connectivity index (χ0) is 17.0. The molecule has 0 spiro atoms. The SMILES string of the molecule is CCn1cc(S(=O)(=O)N(Cc2ccccc2)c2ccncc2)cn1. The number of rotatable bonds is 6. The first-order chi connectivity index (χ1) is 11.6. The number of hydrogen-bond acceptors (Lipinski definition) is 4. The molecule has 0 saturated carbocycles. The summed E-state index contributed by atoms with van der Waals surface area (Å²) in [4.78, 5) is 4.15. The third-order valence-electron chi connectivity index (χ3n) is 3.64. The summed E-state index contributed by atoms with van der Waals surface area (Å²) in [6, 6.07) is 12.9. The molecular weight excluding hydrogens is 324 g/mol. The highest BCUT2D eigenvalue weighted by molar-refractivity contribution is 7.92. The molecule has 24 heavy (non-hydrogen) atoms. The van der Waals surface area contributed by atoms with Crippen molar-refractivity contribution >= 4 is 15.7 Å². The van der Waals surface area contributed by atoms with Crippen LogP contribution in [0.2, 0.25) is 0 Å². The van der Waals surface area contributed by atoms with Crippen molar-refractivity contribution in [1.29, 1.82) is 0 Å². The van der Waals surface area contributed by atoms with Gasteiger partial charge in [0.15, 0.2) is 0 Å². The average molecular weight is 342 g/mol. The standard InChI is InChI=1S/C17H18N4O2S/c1-2-20-14-17(12-19-20)24(22,23)21(16-8-10-18-11-9-16)13-15-6-4-3-5-7-15/h3-12,14H,2,13H2,1H3. The number of hydrogen-bond donors (Lipinski definition) is 0. The molecule has 2 heterocycles. The van der Waals surface area contributed by atoms with E-state index < -0.39 is 10.0 Å². The fourth-order valence-corrected chi connectivity index (χ4v) is 3.76. The number of aryl methyl sites for hydroxylation is 1. The Bertz CT molecular complexity index is 893. The zero-order valence-electron chi connectivity index (χ0n) is 13.3. The highest BCUT2D eigenvalue weighted by Gasteiger charge is 2.26. The highest BCUT2D eigenvalue weighted by Crippen LogP contribution is 2.25. The topological polar surface area (TPSA) is 68.1 Å². The Balaban J connectivity index is 2.03. The minimum Gasteiger partial charge on any atom is -0.272 e. The van der Waals surface area contributed by atoms with Crippen molar-refractivity contribution in [2.24, 2.45) is 0 Å². The van der Waals surface area contributed by atoms with E-state index in [-0.39, 0.29) is 11.4 Å². The van der Waals surface area contributed by atoms with Crippen LogP contribution in [0.4, 0.5) is 5.69 Å². The van der Waals surface area contributed by atoms with E-state index >= 15 is 0 Å². The Morgan fingerprint density at radius 1 is 1.08 bits per heavy atom. The average Bonchev–Trinajstić information content (AvgIpc) is 3.11. The summed E-state index contributed by atoms with van der Waals surface area (Å²) in [6.45, 7) is 2.77. The van der Waals surface area contributed by atoms with Crippen molar-refractivity contribution < 1.29 is 8.42 Å². The molecule has 0 N–H and O–H groups in total. The number of benzene rings is 1. The normalized spacial score (nSPS) is 11.4. The van der Waals surface area contributed by atoms with Crippen LogP contribution in [0.25, 0.3) is 0 Å².